The summed E-state index contributed by atoms with van der Waals surface area (Å²) in [6, 6.07) is 6.51. The van der Waals surface area contributed by atoms with Crippen LogP contribution in [0.25, 0.3) is 0 Å². The lowest BCUT2D eigenvalue weighted by Crippen LogP contribution is -2.41. The molecule has 1 aromatic carbocycles. The molecule has 0 bridgehead atoms. The van der Waals surface area contributed by atoms with Gasteiger partial charge in [0.2, 0.25) is 10.0 Å². The van der Waals surface area contributed by atoms with Crippen LogP contribution in [0.2, 0.25) is 0 Å². The van der Waals surface area contributed by atoms with E-state index in [0.29, 0.717) is 24.6 Å². The van der Waals surface area contributed by atoms with E-state index in [9.17, 15) is 13.2 Å². The fraction of sp³-hybridized carbons (Fsp3) is 0.611. The number of amides is 1. The molecule has 0 spiro atoms. The monoisotopic (exact) mass is 352 g/mol. The maximum Gasteiger partial charge on any atom is 0.251 e. The van der Waals surface area contributed by atoms with E-state index < -0.39 is 10.0 Å². The smallest absolute Gasteiger partial charge is 0.251 e. The second kappa shape index (κ2) is 8.12. The molecular weight excluding hydrogens is 324 g/mol. The van der Waals surface area contributed by atoms with Gasteiger partial charge in [0.15, 0.2) is 0 Å². The van der Waals surface area contributed by atoms with Crippen molar-refractivity contribution in [1.29, 1.82) is 0 Å². The van der Waals surface area contributed by atoms with E-state index in [1.54, 1.807) is 18.2 Å². The largest absolute Gasteiger partial charge is 0.349 e. The van der Waals surface area contributed by atoms with Crippen LogP contribution < -0.4 is 5.32 Å². The van der Waals surface area contributed by atoms with Crippen molar-refractivity contribution < 1.29 is 13.2 Å². The second-order valence-electron chi connectivity index (χ2n) is 6.46. The molecule has 0 unspecified atom stereocenters. The highest BCUT2D eigenvalue weighted by atomic mass is 32.2. The zero-order chi connectivity index (χ0) is 17.7. The molecule has 1 saturated carbocycles. The summed E-state index contributed by atoms with van der Waals surface area (Å²) in [4.78, 5) is 12.7. The van der Waals surface area contributed by atoms with Crippen molar-refractivity contribution in [2.24, 2.45) is 5.92 Å². The third-order valence-electron chi connectivity index (χ3n) is 4.87. The molecule has 1 aromatic rings. The Morgan fingerprint density at radius 2 is 1.88 bits per heavy atom. The van der Waals surface area contributed by atoms with Crippen molar-refractivity contribution in [1.82, 2.24) is 9.62 Å². The van der Waals surface area contributed by atoms with Gasteiger partial charge in [0, 0.05) is 24.7 Å². The molecule has 5 nitrogen and oxygen atoms in total. The van der Waals surface area contributed by atoms with Gasteiger partial charge in [-0.25, -0.2) is 8.42 Å². The fourth-order valence-corrected chi connectivity index (χ4v) is 4.80. The van der Waals surface area contributed by atoms with Gasteiger partial charge in [0.1, 0.15) is 0 Å². The predicted octanol–water partition coefficient (Wildman–Crippen LogP) is 3.03. The summed E-state index contributed by atoms with van der Waals surface area (Å²) in [7, 11) is -3.55. The normalized spacial score (nSPS) is 21.7. The zero-order valence-electron chi connectivity index (χ0n) is 14.8. The van der Waals surface area contributed by atoms with Gasteiger partial charge in [-0.2, -0.15) is 4.31 Å². The van der Waals surface area contributed by atoms with Gasteiger partial charge in [0.25, 0.3) is 5.91 Å². The van der Waals surface area contributed by atoms with Crippen LogP contribution in [0.4, 0.5) is 0 Å². The van der Waals surface area contributed by atoms with E-state index in [4.69, 9.17) is 0 Å². The SMILES string of the molecule is CCN(CC)S(=O)(=O)c1cccc(C(=O)N[C@H]2CCCC[C@H]2C)c1. The maximum absolute atomic E-state index is 12.6. The predicted molar refractivity (Wildman–Crippen MR) is 95.4 cm³/mol. The summed E-state index contributed by atoms with van der Waals surface area (Å²) in [5.74, 6) is 0.274. The molecule has 0 aliphatic heterocycles. The van der Waals surface area contributed by atoms with Gasteiger partial charge in [-0.15, -0.1) is 0 Å². The van der Waals surface area contributed by atoms with Gasteiger partial charge in [0.05, 0.1) is 4.90 Å². The Morgan fingerprint density at radius 3 is 2.50 bits per heavy atom. The van der Waals surface area contributed by atoms with Crippen LogP contribution in [0.3, 0.4) is 0 Å². The second-order valence-corrected chi connectivity index (χ2v) is 8.40. The first kappa shape index (κ1) is 18.9. The first-order valence-corrected chi connectivity index (χ1v) is 10.2. The molecule has 1 N–H and O–H groups in total. The molecular formula is C18H28N2O3S. The summed E-state index contributed by atoms with van der Waals surface area (Å²) in [5, 5.41) is 3.07. The molecule has 0 heterocycles. The Kier molecular flexibility index (Phi) is 6.40. The number of sulfonamides is 1. The Bertz CT molecular complexity index is 669. The zero-order valence-corrected chi connectivity index (χ0v) is 15.6. The number of carbonyl (C=O) groups excluding carboxylic acids is 1. The van der Waals surface area contributed by atoms with Crippen molar-refractivity contribution in [3.8, 4) is 0 Å². The molecule has 0 saturated heterocycles. The molecule has 2 rings (SSSR count). The molecule has 24 heavy (non-hydrogen) atoms. The summed E-state index contributed by atoms with van der Waals surface area (Å²) in [6.07, 6.45) is 4.46. The van der Waals surface area contributed by atoms with E-state index >= 15 is 0 Å². The lowest BCUT2D eigenvalue weighted by atomic mass is 9.86. The van der Waals surface area contributed by atoms with Crippen molar-refractivity contribution in [2.75, 3.05) is 13.1 Å². The van der Waals surface area contributed by atoms with E-state index in [1.807, 2.05) is 13.8 Å². The molecule has 1 aliphatic rings. The number of benzene rings is 1. The first-order valence-electron chi connectivity index (χ1n) is 8.81. The summed E-state index contributed by atoms with van der Waals surface area (Å²) in [6.45, 7) is 6.60. The Labute approximate surface area is 145 Å². The van der Waals surface area contributed by atoms with E-state index in [1.165, 1.54) is 16.8 Å². The van der Waals surface area contributed by atoms with Crippen LogP contribution in [0.5, 0.6) is 0 Å². The van der Waals surface area contributed by atoms with Gasteiger partial charge >= 0.3 is 0 Å². The molecule has 1 amide bonds. The van der Waals surface area contributed by atoms with Crippen LogP contribution in [0, 0.1) is 5.92 Å². The molecule has 1 fully saturated rings. The summed E-state index contributed by atoms with van der Waals surface area (Å²) in [5.41, 5.74) is 0.404. The minimum Gasteiger partial charge on any atom is -0.349 e. The lowest BCUT2D eigenvalue weighted by molar-refractivity contribution is 0.0910. The van der Waals surface area contributed by atoms with Crippen LogP contribution in [0.1, 0.15) is 56.8 Å². The Balaban J connectivity index is 2.19. The molecule has 6 heteroatoms. The first-order chi connectivity index (χ1) is 11.4. The van der Waals surface area contributed by atoms with Crippen molar-refractivity contribution in [3.63, 3.8) is 0 Å². The number of rotatable bonds is 6. The highest BCUT2D eigenvalue weighted by molar-refractivity contribution is 7.89. The molecule has 1 aliphatic carbocycles. The molecule has 2 atom stereocenters. The van der Waals surface area contributed by atoms with Gasteiger partial charge in [-0.05, 0) is 37.0 Å². The average Bonchev–Trinajstić information content (AvgIpc) is 2.58. The number of nitrogens with zero attached hydrogens (tertiary/aromatic N) is 1. The fourth-order valence-electron chi connectivity index (χ4n) is 3.29. The average molecular weight is 353 g/mol. The van der Waals surface area contributed by atoms with Crippen molar-refractivity contribution in [3.05, 3.63) is 29.8 Å². The van der Waals surface area contributed by atoms with Gasteiger partial charge < -0.3 is 5.32 Å². The van der Waals surface area contributed by atoms with Crippen molar-refractivity contribution in [2.45, 2.75) is 57.4 Å². The van der Waals surface area contributed by atoms with Crippen LogP contribution >= 0.6 is 0 Å². The van der Waals surface area contributed by atoms with Crippen LogP contribution in [-0.4, -0.2) is 37.8 Å². The maximum atomic E-state index is 12.6. The van der Waals surface area contributed by atoms with Gasteiger partial charge in [-0.3, -0.25) is 4.79 Å². The quantitative estimate of drug-likeness (QED) is 0.856. The number of nitrogens with one attached hydrogen (secondary N) is 1. The number of hydrogen-bond acceptors (Lipinski definition) is 3. The highest BCUT2D eigenvalue weighted by Crippen LogP contribution is 2.24. The number of hydrogen-bond donors (Lipinski definition) is 1. The third-order valence-corrected chi connectivity index (χ3v) is 6.91. The molecule has 0 aromatic heterocycles. The molecule has 134 valence electrons. The van der Waals surface area contributed by atoms with E-state index in [2.05, 4.69) is 12.2 Å². The molecule has 0 radical (unpaired) electrons. The topological polar surface area (TPSA) is 66.5 Å². The lowest BCUT2D eigenvalue weighted by Gasteiger charge is -2.29. The van der Waals surface area contributed by atoms with E-state index in [-0.39, 0.29) is 16.8 Å². The van der Waals surface area contributed by atoms with Crippen LogP contribution in [-0.2, 0) is 10.0 Å². The minimum absolute atomic E-state index is 0.175. The standard InChI is InChI=1S/C18H28N2O3S/c1-4-20(5-2)24(22,23)16-11-8-10-15(13-16)18(21)19-17-12-7-6-9-14(17)3/h8,10-11,13-14,17H,4-7,9,12H2,1-3H3,(H,19,21)/t14-,17+/m1/s1. The third kappa shape index (κ3) is 4.16. The Morgan fingerprint density at radius 1 is 1.21 bits per heavy atom. The van der Waals surface area contributed by atoms with Crippen molar-refractivity contribution >= 4 is 15.9 Å². The highest BCUT2D eigenvalue weighted by Gasteiger charge is 2.25. The van der Waals surface area contributed by atoms with Gasteiger partial charge in [-0.1, -0.05) is 39.7 Å². The number of carbonyl (C=O) groups is 1. The minimum atomic E-state index is -3.55. The van der Waals surface area contributed by atoms with Crippen LogP contribution in [0.15, 0.2) is 29.2 Å². The Hall–Kier alpha value is -1.40. The van der Waals surface area contributed by atoms with E-state index in [0.717, 1.165) is 19.3 Å². The summed E-state index contributed by atoms with van der Waals surface area (Å²) < 4.78 is 26.6. The summed E-state index contributed by atoms with van der Waals surface area (Å²) >= 11 is 0.